The van der Waals surface area contributed by atoms with Crippen LogP contribution < -0.4 is 10.6 Å². The second kappa shape index (κ2) is 5.27. The lowest BCUT2D eigenvalue weighted by Crippen LogP contribution is -2.44. The van der Waals surface area contributed by atoms with E-state index in [1.165, 1.54) is 5.56 Å². The van der Waals surface area contributed by atoms with Crippen molar-refractivity contribution in [1.29, 1.82) is 0 Å². The fourth-order valence-electron chi connectivity index (χ4n) is 1.99. The van der Waals surface area contributed by atoms with Crippen molar-refractivity contribution in [3.63, 3.8) is 0 Å². The van der Waals surface area contributed by atoms with E-state index in [1.807, 2.05) is 12.3 Å². The first-order valence-corrected chi connectivity index (χ1v) is 5.88. The van der Waals surface area contributed by atoms with Gasteiger partial charge in [0, 0.05) is 32.4 Å². The van der Waals surface area contributed by atoms with Crippen LogP contribution in [0.1, 0.15) is 5.56 Å². The molecule has 0 aliphatic carbocycles. The Bertz CT molecular complexity index is 332. The van der Waals surface area contributed by atoms with Crippen LogP contribution in [0.3, 0.4) is 0 Å². The molecule has 88 valence electrons. The largest absolute Gasteiger partial charge is 0.354 e. The van der Waals surface area contributed by atoms with Crippen molar-refractivity contribution < 1.29 is 0 Å². The van der Waals surface area contributed by atoms with Gasteiger partial charge in [0.1, 0.15) is 5.82 Å². The number of hydrogen-bond acceptors (Lipinski definition) is 4. The molecular weight excluding hydrogens is 200 g/mol. The number of piperazine rings is 1. The van der Waals surface area contributed by atoms with Crippen LogP contribution in [0.15, 0.2) is 18.3 Å². The van der Waals surface area contributed by atoms with Gasteiger partial charge in [-0.1, -0.05) is 0 Å². The van der Waals surface area contributed by atoms with E-state index in [9.17, 15) is 0 Å². The standard InChI is InChI=1S/C12H20N4/c1-15-6-8-16(9-7-15)12-10-11(2-4-13)3-5-14-12/h3,5,10H,2,4,6-9,13H2,1H3. The zero-order valence-corrected chi connectivity index (χ0v) is 9.89. The summed E-state index contributed by atoms with van der Waals surface area (Å²) >= 11 is 0. The summed E-state index contributed by atoms with van der Waals surface area (Å²) in [4.78, 5) is 9.13. The zero-order chi connectivity index (χ0) is 11.4. The van der Waals surface area contributed by atoms with Crippen molar-refractivity contribution in [2.75, 3.05) is 44.7 Å². The van der Waals surface area contributed by atoms with Gasteiger partial charge in [-0.15, -0.1) is 0 Å². The first kappa shape index (κ1) is 11.4. The molecule has 0 atom stereocenters. The van der Waals surface area contributed by atoms with Crippen molar-refractivity contribution in [2.45, 2.75) is 6.42 Å². The Labute approximate surface area is 97.1 Å². The van der Waals surface area contributed by atoms with Crippen LogP contribution in [0.25, 0.3) is 0 Å². The van der Waals surface area contributed by atoms with E-state index in [0.717, 1.165) is 38.4 Å². The highest BCUT2D eigenvalue weighted by Gasteiger charge is 2.15. The van der Waals surface area contributed by atoms with Gasteiger partial charge in [-0.3, -0.25) is 0 Å². The molecular formula is C12H20N4. The number of likely N-dealkylation sites (N-methyl/N-ethyl adjacent to an activating group) is 1. The monoisotopic (exact) mass is 220 g/mol. The number of pyridine rings is 1. The lowest BCUT2D eigenvalue weighted by atomic mass is 10.2. The Kier molecular flexibility index (Phi) is 3.74. The molecule has 1 aromatic rings. The van der Waals surface area contributed by atoms with Gasteiger partial charge in [-0.2, -0.15) is 0 Å². The number of rotatable bonds is 3. The van der Waals surface area contributed by atoms with E-state index in [2.05, 4.69) is 27.9 Å². The van der Waals surface area contributed by atoms with E-state index < -0.39 is 0 Å². The number of nitrogens with zero attached hydrogens (tertiary/aromatic N) is 3. The summed E-state index contributed by atoms with van der Waals surface area (Å²) in [5.74, 6) is 1.10. The Balaban J connectivity index is 2.05. The minimum atomic E-state index is 0.701. The van der Waals surface area contributed by atoms with Crippen LogP contribution in [0.4, 0.5) is 5.82 Å². The van der Waals surface area contributed by atoms with Gasteiger partial charge in [0.05, 0.1) is 0 Å². The highest BCUT2D eigenvalue weighted by atomic mass is 15.3. The third kappa shape index (κ3) is 2.71. The van der Waals surface area contributed by atoms with Gasteiger partial charge in [-0.25, -0.2) is 4.98 Å². The van der Waals surface area contributed by atoms with E-state index in [0.29, 0.717) is 6.54 Å². The quantitative estimate of drug-likeness (QED) is 0.797. The van der Waals surface area contributed by atoms with Gasteiger partial charge in [0.25, 0.3) is 0 Å². The average Bonchev–Trinajstić information content (AvgIpc) is 2.31. The molecule has 2 N–H and O–H groups in total. The number of nitrogens with two attached hydrogens (primary N) is 1. The van der Waals surface area contributed by atoms with Crippen LogP contribution in [0.5, 0.6) is 0 Å². The minimum Gasteiger partial charge on any atom is -0.354 e. The summed E-state index contributed by atoms with van der Waals surface area (Å²) in [7, 11) is 2.16. The third-order valence-corrected chi connectivity index (χ3v) is 3.07. The molecule has 16 heavy (non-hydrogen) atoms. The Morgan fingerprint density at radius 3 is 2.75 bits per heavy atom. The highest BCUT2D eigenvalue weighted by molar-refractivity contribution is 5.41. The van der Waals surface area contributed by atoms with Crippen molar-refractivity contribution in [3.05, 3.63) is 23.9 Å². The molecule has 0 amide bonds. The first-order chi connectivity index (χ1) is 7.79. The van der Waals surface area contributed by atoms with Crippen LogP contribution in [-0.2, 0) is 6.42 Å². The third-order valence-electron chi connectivity index (χ3n) is 3.07. The smallest absolute Gasteiger partial charge is 0.128 e. The normalized spacial score (nSPS) is 17.8. The van der Waals surface area contributed by atoms with Crippen molar-refractivity contribution in [1.82, 2.24) is 9.88 Å². The summed E-state index contributed by atoms with van der Waals surface area (Å²) in [6, 6.07) is 4.21. The molecule has 1 saturated heterocycles. The molecule has 0 aromatic carbocycles. The molecule has 4 heteroatoms. The average molecular weight is 220 g/mol. The number of hydrogen-bond donors (Lipinski definition) is 1. The van der Waals surface area contributed by atoms with Gasteiger partial charge in [0.2, 0.25) is 0 Å². The van der Waals surface area contributed by atoms with E-state index in [1.54, 1.807) is 0 Å². The Morgan fingerprint density at radius 2 is 2.06 bits per heavy atom. The summed E-state index contributed by atoms with van der Waals surface area (Å²) in [6.07, 6.45) is 2.82. The maximum atomic E-state index is 5.57. The van der Waals surface area contributed by atoms with Gasteiger partial charge in [0.15, 0.2) is 0 Å². The maximum absolute atomic E-state index is 5.57. The summed E-state index contributed by atoms with van der Waals surface area (Å²) in [5.41, 5.74) is 6.85. The molecule has 0 saturated carbocycles. The predicted octanol–water partition coefficient (Wildman–Crippen LogP) is 0.335. The van der Waals surface area contributed by atoms with Crippen molar-refractivity contribution in [2.24, 2.45) is 5.73 Å². The molecule has 2 heterocycles. The molecule has 1 fully saturated rings. The van der Waals surface area contributed by atoms with E-state index in [4.69, 9.17) is 5.73 Å². The summed E-state index contributed by atoms with van der Waals surface area (Å²) < 4.78 is 0. The topological polar surface area (TPSA) is 45.4 Å². The van der Waals surface area contributed by atoms with Crippen LogP contribution in [0.2, 0.25) is 0 Å². The van der Waals surface area contributed by atoms with Crippen molar-refractivity contribution >= 4 is 5.82 Å². The van der Waals surface area contributed by atoms with Gasteiger partial charge in [-0.05, 0) is 37.7 Å². The Hall–Kier alpha value is -1.13. The maximum Gasteiger partial charge on any atom is 0.128 e. The minimum absolute atomic E-state index is 0.701. The SMILES string of the molecule is CN1CCN(c2cc(CCN)ccn2)CC1. The van der Waals surface area contributed by atoms with E-state index in [-0.39, 0.29) is 0 Å². The van der Waals surface area contributed by atoms with Crippen LogP contribution in [0, 0.1) is 0 Å². The highest BCUT2D eigenvalue weighted by Crippen LogP contribution is 2.14. The fourth-order valence-corrected chi connectivity index (χ4v) is 1.99. The van der Waals surface area contributed by atoms with Crippen LogP contribution in [-0.4, -0.2) is 49.7 Å². The number of anilines is 1. The molecule has 0 bridgehead atoms. The molecule has 0 spiro atoms. The summed E-state index contributed by atoms with van der Waals surface area (Å²) in [6.45, 7) is 5.06. The lowest BCUT2D eigenvalue weighted by Gasteiger charge is -2.33. The molecule has 1 aliphatic heterocycles. The van der Waals surface area contributed by atoms with E-state index >= 15 is 0 Å². The number of aromatic nitrogens is 1. The molecule has 0 unspecified atom stereocenters. The second-order valence-electron chi connectivity index (χ2n) is 4.35. The predicted molar refractivity (Wildman–Crippen MR) is 66.7 cm³/mol. The Morgan fingerprint density at radius 1 is 1.31 bits per heavy atom. The molecule has 2 rings (SSSR count). The first-order valence-electron chi connectivity index (χ1n) is 5.88. The summed E-state index contributed by atoms with van der Waals surface area (Å²) in [5, 5.41) is 0. The van der Waals surface area contributed by atoms with Gasteiger partial charge < -0.3 is 15.5 Å². The van der Waals surface area contributed by atoms with Crippen LogP contribution >= 0.6 is 0 Å². The second-order valence-corrected chi connectivity index (χ2v) is 4.35. The molecule has 1 aliphatic rings. The fraction of sp³-hybridized carbons (Fsp3) is 0.583. The van der Waals surface area contributed by atoms with Gasteiger partial charge >= 0.3 is 0 Å². The van der Waals surface area contributed by atoms with Crippen molar-refractivity contribution in [3.8, 4) is 0 Å². The lowest BCUT2D eigenvalue weighted by molar-refractivity contribution is 0.312. The molecule has 1 aromatic heterocycles. The molecule has 0 radical (unpaired) electrons. The zero-order valence-electron chi connectivity index (χ0n) is 9.89. The molecule has 4 nitrogen and oxygen atoms in total.